The van der Waals surface area contributed by atoms with Gasteiger partial charge in [0.15, 0.2) is 0 Å². The van der Waals surface area contributed by atoms with Crippen LogP contribution in [0.5, 0.6) is 0 Å². The van der Waals surface area contributed by atoms with Crippen molar-refractivity contribution in [2.75, 3.05) is 6.54 Å². The second-order valence-corrected chi connectivity index (χ2v) is 5.55. The van der Waals surface area contributed by atoms with E-state index in [1.807, 2.05) is 12.3 Å². The molecule has 0 spiro atoms. The van der Waals surface area contributed by atoms with Crippen LogP contribution in [0.25, 0.3) is 0 Å². The molecule has 1 fully saturated rings. The maximum Gasteiger partial charge on any atom is 0.0791 e. The molecule has 4 aliphatic rings. The van der Waals surface area contributed by atoms with Crippen LogP contribution in [0.15, 0.2) is 43.4 Å². The molecule has 3 nitrogen and oxygen atoms in total. The molecule has 0 aromatic carbocycles. The molecule has 0 aromatic rings. The van der Waals surface area contributed by atoms with E-state index in [2.05, 4.69) is 20.8 Å². The molecule has 4 heteroatoms. The van der Waals surface area contributed by atoms with E-state index >= 15 is 0 Å². The first-order valence-corrected chi connectivity index (χ1v) is 6.88. The predicted molar refractivity (Wildman–Crippen MR) is 72.1 cm³/mol. The van der Waals surface area contributed by atoms with E-state index in [1.165, 1.54) is 34.7 Å². The van der Waals surface area contributed by atoms with Gasteiger partial charge in [-0.3, -0.25) is 4.99 Å². The zero-order valence-corrected chi connectivity index (χ0v) is 10.3. The minimum atomic E-state index is 0.724. The fourth-order valence-corrected chi connectivity index (χ4v) is 3.62. The second-order valence-electron chi connectivity index (χ2n) is 4.75. The number of fused-ring (bicyclic) bond motifs is 3. The van der Waals surface area contributed by atoms with Crippen LogP contribution in [0.4, 0.5) is 0 Å². The first kappa shape index (κ1) is 9.71. The van der Waals surface area contributed by atoms with Crippen LogP contribution in [0.2, 0.25) is 0 Å². The summed E-state index contributed by atoms with van der Waals surface area (Å²) in [6.07, 6.45) is 9.75. The van der Waals surface area contributed by atoms with Crippen LogP contribution >= 0.6 is 11.9 Å². The van der Waals surface area contributed by atoms with Crippen molar-refractivity contribution in [3.05, 3.63) is 34.0 Å². The Morgan fingerprint density at radius 1 is 1.35 bits per heavy atom. The minimum Gasteiger partial charge on any atom is -0.388 e. The first-order chi connectivity index (χ1) is 8.42. The van der Waals surface area contributed by atoms with Crippen molar-refractivity contribution in [3.8, 4) is 0 Å². The van der Waals surface area contributed by atoms with Gasteiger partial charge in [-0.1, -0.05) is 0 Å². The van der Waals surface area contributed by atoms with Crippen molar-refractivity contribution >= 4 is 23.9 Å². The molecule has 86 valence electrons. The largest absolute Gasteiger partial charge is 0.388 e. The molecule has 0 radical (unpaired) electrons. The lowest BCUT2D eigenvalue weighted by molar-refractivity contribution is 0.585. The molecule has 3 heterocycles. The summed E-state index contributed by atoms with van der Waals surface area (Å²) in [5.74, 6) is 0.724. The van der Waals surface area contributed by atoms with Crippen molar-refractivity contribution in [1.82, 2.24) is 5.32 Å². The molecular formula is C13H13N3S. The van der Waals surface area contributed by atoms with Crippen molar-refractivity contribution < 1.29 is 0 Å². The summed E-state index contributed by atoms with van der Waals surface area (Å²) in [6.45, 7) is 1.11. The van der Waals surface area contributed by atoms with Gasteiger partial charge in [0.25, 0.3) is 0 Å². The van der Waals surface area contributed by atoms with Crippen molar-refractivity contribution in [1.29, 1.82) is 0 Å². The Morgan fingerprint density at radius 3 is 3.35 bits per heavy atom. The van der Waals surface area contributed by atoms with Crippen LogP contribution in [-0.2, 0) is 0 Å². The number of aliphatic imine (C=N–C) groups is 1. The summed E-state index contributed by atoms with van der Waals surface area (Å²) >= 11 is 1.57. The summed E-state index contributed by atoms with van der Waals surface area (Å²) in [5, 5.41) is 3.54. The Morgan fingerprint density at radius 2 is 2.35 bits per heavy atom. The van der Waals surface area contributed by atoms with E-state index in [0.717, 1.165) is 24.6 Å². The molecule has 0 saturated carbocycles. The fraction of sp³-hybridized carbons (Fsp3) is 0.385. The Bertz CT molecular complexity index is 537. The maximum absolute atomic E-state index is 4.68. The summed E-state index contributed by atoms with van der Waals surface area (Å²) in [7, 11) is 0. The number of rotatable bonds is 0. The third-order valence-corrected chi connectivity index (χ3v) is 4.63. The number of nitrogens with one attached hydrogen (secondary N) is 1. The lowest BCUT2D eigenvalue weighted by Gasteiger charge is -2.22. The van der Waals surface area contributed by atoms with Gasteiger partial charge in [-0.05, 0) is 31.4 Å². The molecule has 4 rings (SSSR count). The molecule has 17 heavy (non-hydrogen) atoms. The molecule has 1 atom stereocenters. The Balaban J connectivity index is 1.89. The highest BCUT2D eigenvalue weighted by molar-refractivity contribution is 8.02. The number of hydrogen-bond donors (Lipinski definition) is 1. The van der Waals surface area contributed by atoms with Crippen LogP contribution in [0, 0.1) is 5.92 Å². The highest BCUT2D eigenvalue weighted by Gasteiger charge is 2.31. The van der Waals surface area contributed by atoms with Gasteiger partial charge in [-0.25, -0.2) is 4.40 Å². The molecule has 3 aliphatic heterocycles. The number of hydrogen-bond acceptors (Lipinski definition) is 4. The molecule has 1 saturated heterocycles. The van der Waals surface area contributed by atoms with Gasteiger partial charge in [0, 0.05) is 41.9 Å². The van der Waals surface area contributed by atoms with Gasteiger partial charge in [0.1, 0.15) is 0 Å². The van der Waals surface area contributed by atoms with E-state index in [0.29, 0.717) is 0 Å². The summed E-state index contributed by atoms with van der Waals surface area (Å²) in [5.41, 5.74) is 5.04. The maximum atomic E-state index is 4.68. The highest BCUT2D eigenvalue weighted by atomic mass is 32.2. The molecular weight excluding hydrogens is 230 g/mol. The van der Waals surface area contributed by atoms with Gasteiger partial charge in [0.2, 0.25) is 0 Å². The average Bonchev–Trinajstić information content (AvgIpc) is 2.94. The van der Waals surface area contributed by atoms with Crippen molar-refractivity contribution in [2.24, 2.45) is 15.3 Å². The predicted octanol–water partition coefficient (Wildman–Crippen LogP) is 2.60. The van der Waals surface area contributed by atoms with Crippen LogP contribution < -0.4 is 5.32 Å². The molecule has 1 unspecified atom stereocenters. The van der Waals surface area contributed by atoms with Gasteiger partial charge in [-0.2, -0.15) is 0 Å². The molecule has 0 aromatic heterocycles. The van der Waals surface area contributed by atoms with Crippen LogP contribution in [0.3, 0.4) is 0 Å². The van der Waals surface area contributed by atoms with E-state index in [-0.39, 0.29) is 0 Å². The first-order valence-electron chi connectivity index (χ1n) is 6.10. The standard InChI is InChI=1S/C13H13N3S/c1-2-10-9(13-8(1)3-5-15-13)7-11-12(17-16-10)4-6-14-11/h4,6-8,15H,1-3,5H2. The monoisotopic (exact) mass is 243 g/mol. The van der Waals surface area contributed by atoms with Crippen molar-refractivity contribution in [2.45, 2.75) is 19.3 Å². The quantitative estimate of drug-likeness (QED) is 0.664. The summed E-state index contributed by atoms with van der Waals surface area (Å²) < 4.78 is 4.68. The lowest BCUT2D eigenvalue weighted by Crippen LogP contribution is -2.20. The summed E-state index contributed by atoms with van der Waals surface area (Å²) in [4.78, 5) is 5.59. The van der Waals surface area contributed by atoms with Crippen molar-refractivity contribution in [3.63, 3.8) is 0 Å². The third kappa shape index (κ3) is 1.43. The van der Waals surface area contributed by atoms with Gasteiger partial charge in [0.05, 0.1) is 16.3 Å². The Hall–Kier alpha value is -1.29. The average molecular weight is 243 g/mol. The zero-order valence-electron chi connectivity index (χ0n) is 9.44. The zero-order chi connectivity index (χ0) is 11.2. The van der Waals surface area contributed by atoms with E-state index in [9.17, 15) is 0 Å². The fourth-order valence-electron chi connectivity index (χ4n) is 2.89. The van der Waals surface area contributed by atoms with Gasteiger partial charge >= 0.3 is 0 Å². The normalized spacial score (nSPS) is 29.6. The van der Waals surface area contributed by atoms with Crippen LogP contribution in [-0.4, -0.2) is 18.5 Å². The minimum absolute atomic E-state index is 0.724. The lowest BCUT2D eigenvalue weighted by atomic mass is 9.86. The molecule has 1 aliphatic carbocycles. The summed E-state index contributed by atoms with van der Waals surface area (Å²) in [6, 6.07) is 0. The van der Waals surface area contributed by atoms with E-state index in [1.54, 1.807) is 11.9 Å². The number of allylic oxidation sites excluding steroid dienone is 4. The van der Waals surface area contributed by atoms with Gasteiger partial charge in [-0.15, -0.1) is 0 Å². The van der Waals surface area contributed by atoms with E-state index in [4.69, 9.17) is 0 Å². The Labute approximate surface area is 105 Å². The highest BCUT2D eigenvalue weighted by Crippen LogP contribution is 2.40. The van der Waals surface area contributed by atoms with E-state index < -0.39 is 0 Å². The smallest absolute Gasteiger partial charge is 0.0791 e. The third-order valence-electron chi connectivity index (χ3n) is 3.77. The Kier molecular flexibility index (Phi) is 2.06. The van der Waals surface area contributed by atoms with Crippen LogP contribution in [0.1, 0.15) is 19.3 Å². The molecule has 1 N–H and O–H groups in total. The molecule has 0 amide bonds. The van der Waals surface area contributed by atoms with Gasteiger partial charge < -0.3 is 5.32 Å². The SMILES string of the molecule is C1=NC2=CC3=C4NCCC4CCC3=NSC2=C1. The molecule has 0 bridgehead atoms. The topological polar surface area (TPSA) is 36.8 Å². The number of nitrogens with zero attached hydrogens (tertiary/aromatic N) is 2. The second kappa shape index (κ2) is 3.60.